The van der Waals surface area contributed by atoms with Gasteiger partial charge in [0.15, 0.2) is 0 Å². The number of hydrogen-bond acceptors (Lipinski definition) is 3. The van der Waals surface area contributed by atoms with E-state index in [2.05, 4.69) is 5.32 Å². The molecule has 5 heteroatoms. The number of carbonyl (C=O) groups is 2. The van der Waals surface area contributed by atoms with Crippen molar-refractivity contribution in [3.05, 3.63) is 0 Å². The third-order valence-electron chi connectivity index (χ3n) is 2.96. The van der Waals surface area contributed by atoms with Crippen molar-refractivity contribution in [2.75, 3.05) is 13.1 Å². The molecule has 0 spiro atoms. The van der Waals surface area contributed by atoms with Gasteiger partial charge in [-0.05, 0) is 27.2 Å². The maximum Gasteiger partial charge on any atom is 0.410 e. The summed E-state index contributed by atoms with van der Waals surface area (Å²) in [6.45, 7) is 6.79. The average molecular weight is 226 g/mol. The smallest absolute Gasteiger partial charge is 0.410 e. The highest BCUT2D eigenvalue weighted by atomic mass is 16.6. The maximum absolute atomic E-state index is 11.9. The SMILES string of the molecule is CC(C)(C)OC(=O)N1CCC2CNC(=O)C21. The topological polar surface area (TPSA) is 58.6 Å². The van der Waals surface area contributed by atoms with Crippen molar-refractivity contribution in [3.63, 3.8) is 0 Å². The Kier molecular flexibility index (Phi) is 2.56. The molecule has 2 heterocycles. The van der Waals surface area contributed by atoms with Crippen LogP contribution in [0.25, 0.3) is 0 Å². The van der Waals surface area contributed by atoms with Crippen LogP contribution in [0.3, 0.4) is 0 Å². The van der Waals surface area contributed by atoms with Gasteiger partial charge in [-0.3, -0.25) is 9.69 Å². The lowest BCUT2D eigenvalue weighted by atomic mass is 10.0. The Morgan fingerprint density at radius 2 is 2.19 bits per heavy atom. The normalized spacial score (nSPS) is 28.9. The molecule has 1 N–H and O–H groups in total. The second-order valence-electron chi connectivity index (χ2n) is 5.41. The monoisotopic (exact) mass is 226 g/mol. The van der Waals surface area contributed by atoms with Crippen LogP contribution in [0.5, 0.6) is 0 Å². The van der Waals surface area contributed by atoms with Gasteiger partial charge in [0.25, 0.3) is 0 Å². The van der Waals surface area contributed by atoms with Crippen LogP contribution < -0.4 is 5.32 Å². The van der Waals surface area contributed by atoms with Gasteiger partial charge in [-0.15, -0.1) is 0 Å². The van der Waals surface area contributed by atoms with Crippen LogP contribution in [0.1, 0.15) is 27.2 Å². The second-order valence-corrected chi connectivity index (χ2v) is 5.41. The van der Waals surface area contributed by atoms with Crippen LogP contribution in [-0.2, 0) is 9.53 Å². The molecular weight excluding hydrogens is 208 g/mol. The van der Waals surface area contributed by atoms with E-state index >= 15 is 0 Å². The molecule has 0 saturated carbocycles. The number of fused-ring (bicyclic) bond motifs is 1. The summed E-state index contributed by atoms with van der Waals surface area (Å²) in [5.41, 5.74) is -0.510. The lowest BCUT2D eigenvalue weighted by Crippen LogP contribution is -2.44. The van der Waals surface area contributed by atoms with Gasteiger partial charge in [0.1, 0.15) is 11.6 Å². The number of amides is 2. The van der Waals surface area contributed by atoms with E-state index in [0.29, 0.717) is 13.1 Å². The zero-order valence-electron chi connectivity index (χ0n) is 9.95. The van der Waals surface area contributed by atoms with Crippen LogP contribution in [0.4, 0.5) is 4.79 Å². The van der Waals surface area contributed by atoms with E-state index in [0.717, 1.165) is 6.42 Å². The Hall–Kier alpha value is -1.26. The van der Waals surface area contributed by atoms with E-state index in [4.69, 9.17) is 4.74 Å². The van der Waals surface area contributed by atoms with Crippen molar-refractivity contribution >= 4 is 12.0 Å². The molecule has 0 aliphatic carbocycles. The Morgan fingerprint density at radius 1 is 1.50 bits per heavy atom. The molecular formula is C11H18N2O3. The summed E-state index contributed by atoms with van der Waals surface area (Å²) >= 11 is 0. The summed E-state index contributed by atoms with van der Waals surface area (Å²) in [7, 11) is 0. The molecule has 0 radical (unpaired) electrons. The average Bonchev–Trinajstić information content (AvgIpc) is 2.66. The van der Waals surface area contributed by atoms with Crippen molar-refractivity contribution in [3.8, 4) is 0 Å². The lowest BCUT2D eigenvalue weighted by Gasteiger charge is -2.27. The minimum absolute atomic E-state index is 0.0478. The summed E-state index contributed by atoms with van der Waals surface area (Å²) in [5, 5.41) is 2.78. The first-order valence-electron chi connectivity index (χ1n) is 5.66. The molecule has 16 heavy (non-hydrogen) atoms. The van der Waals surface area contributed by atoms with Crippen molar-refractivity contribution in [2.24, 2.45) is 5.92 Å². The zero-order chi connectivity index (χ0) is 11.9. The van der Waals surface area contributed by atoms with E-state index in [1.807, 2.05) is 20.8 Å². The molecule has 2 aliphatic rings. The number of carbonyl (C=O) groups excluding carboxylic acids is 2. The van der Waals surface area contributed by atoms with E-state index in [1.165, 1.54) is 0 Å². The van der Waals surface area contributed by atoms with E-state index in [1.54, 1.807) is 4.90 Å². The molecule has 0 bridgehead atoms. The molecule has 0 aromatic heterocycles. The van der Waals surface area contributed by atoms with Crippen LogP contribution in [-0.4, -0.2) is 41.6 Å². The summed E-state index contributed by atoms with van der Waals surface area (Å²) < 4.78 is 5.29. The minimum atomic E-state index is -0.510. The Bertz CT molecular complexity index is 322. The van der Waals surface area contributed by atoms with Gasteiger partial charge < -0.3 is 10.1 Å². The molecule has 2 unspecified atom stereocenters. The third-order valence-corrected chi connectivity index (χ3v) is 2.96. The third kappa shape index (κ3) is 1.99. The highest BCUT2D eigenvalue weighted by Gasteiger charge is 2.46. The maximum atomic E-state index is 11.9. The van der Waals surface area contributed by atoms with Gasteiger partial charge in [0.2, 0.25) is 5.91 Å². The fraction of sp³-hybridized carbons (Fsp3) is 0.818. The van der Waals surface area contributed by atoms with Gasteiger partial charge in [0.05, 0.1) is 0 Å². The Labute approximate surface area is 95.1 Å². The van der Waals surface area contributed by atoms with Crippen molar-refractivity contribution in [1.29, 1.82) is 0 Å². The summed E-state index contributed by atoms with van der Waals surface area (Å²) in [6, 6.07) is -0.310. The largest absolute Gasteiger partial charge is 0.444 e. The standard InChI is InChI=1S/C11H18N2O3/c1-11(2,3)16-10(15)13-5-4-7-6-12-9(14)8(7)13/h7-8H,4-6H2,1-3H3,(H,12,14). The molecule has 0 aromatic rings. The highest BCUT2D eigenvalue weighted by molar-refractivity contribution is 5.88. The molecule has 2 fully saturated rings. The van der Waals surface area contributed by atoms with Crippen LogP contribution in [0.15, 0.2) is 0 Å². The molecule has 5 nitrogen and oxygen atoms in total. The Balaban J connectivity index is 2.05. The first-order valence-corrected chi connectivity index (χ1v) is 5.66. The molecule has 2 amide bonds. The first-order chi connectivity index (χ1) is 7.38. The summed E-state index contributed by atoms with van der Waals surface area (Å²) in [6.07, 6.45) is 0.500. The number of rotatable bonds is 0. The van der Waals surface area contributed by atoms with Gasteiger partial charge >= 0.3 is 6.09 Å². The highest BCUT2D eigenvalue weighted by Crippen LogP contribution is 2.29. The van der Waals surface area contributed by atoms with Gasteiger partial charge in [-0.2, -0.15) is 0 Å². The van der Waals surface area contributed by atoms with E-state index in [9.17, 15) is 9.59 Å². The Morgan fingerprint density at radius 3 is 2.81 bits per heavy atom. The molecule has 90 valence electrons. The predicted molar refractivity (Wildman–Crippen MR) is 57.8 cm³/mol. The number of ether oxygens (including phenoxy) is 1. The molecule has 2 rings (SSSR count). The minimum Gasteiger partial charge on any atom is -0.444 e. The van der Waals surface area contributed by atoms with Crippen molar-refractivity contribution in [1.82, 2.24) is 10.2 Å². The van der Waals surface area contributed by atoms with Crippen LogP contribution in [0, 0.1) is 5.92 Å². The predicted octanol–water partition coefficient (Wildman–Crippen LogP) is 0.742. The molecule has 2 aliphatic heterocycles. The first kappa shape index (κ1) is 11.2. The van der Waals surface area contributed by atoms with Gasteiger partial charge in [-0.25, -0.2) is 4.79 Å². The number of nitrogens with one attached hydrogen (secondary N) is 1. The zero-order valence-corrected chi connectivity index (χ0v) is 9.95. The molecule has 2 atom stereocenters. The fourth-order valence-corrected chi connectivity index (χ4v) is 2.29. The van der Waals surface area contributed by atoms with Crippen LogP contribution in [0.2, 0.25) is 0 Å². The van der Waals surface area contributed by atoms with Crippen molar-refractivity contribution in [2.45, 2.75) is 38.8 Å². The second kappa shape index (κ2) is 3.64. The quantitative estimate of drug-likeness (QED) is 0.663. The van der Waals surface area contributed by atoms with E-state index in [-0.39, 0.29) is 24.0 Å². The van der Waals surface area contributed by atoms with Crippen LogP contribution >= 0.6 is 0 Å². The summed E-state index contributed by atoms with van der Waals surface area (Å²) in [4.78, 5) is 25.0. The number of likely N-dealkylation sites (tertiary alicyclic amines) is 1. The molecule has 2 saturated heterocycles. The van der Waals surface area contributed by atoms with Crippen molar-refractivity contribution < 1.29 is 14.3 Å². The summed E-state index contributed by atoms with van der Waals surface area (Å²) in [5.74, 6) is 0.216. The van der Waals surface area contributed by atoms with Gasteiger partial charge in [0, 0.05) is 19.0 Å². The van der Waals surface area contributed by atoms with Gasteiger partial charge in [-0.1, -0.05) is 0 Å². The number of nitrogens with zero attached hydrogens (tertiary/aromatic N) is 1. The number of hydrogen-bond donors (Lipinski definition) is 1. The fourth-order valence-electron chi connectivity index (χ4n) is 2.29. The lowest BCUT2D eigenvalue weighted by molar-refractivity contribution is -0.123. The molecule has 0 aromatic carbocycles. The van der Waals surface area contributed by atoms with E-state index < -0.39 is 5.60 Å².